The molecule has 0 bridgehead atoms. The van der Waals surface area contributed by atoms with E-state index >= 15 is 0 Å². The van der Waals surface area contributed by atoms with Gasteiger partial charge in [-0.05, 0) is 12.1 Å². The highest BCUT2D eigenvalue weighted by Crippen LogP contribution is 2.49. The minimum absolute atomic E-state index is 0.00527. The van der Waals surface area contributed by atoms with Crippen molar-refractivity contribution in [3.05, 3.63) is 35.4 Å². The van der Waals surface area contributed by atoms with Crippen LogP contribution < -0.4 is 18.9 Å². The predicted octanol–water partition coefficient (Wildman–Crippen LogP) is 2.48. The van der Waals surface area contributed by atoms with Crippen LogP contribution in [0.15, 0.2) is 24.3 Å². The highest BCUT2D eigenvalue weighted by molar-refractivity contribution is 6.05. The lowest BCUT2D eigenvalue weighted by Gasteiger charge is -2.27. The van der Waals surface area contributed by atoms with Crippen LogP contribution >= 0.6 is 0 Å². The summed E-state index contributed by atoms with van der Waals surface area (Å²) < 4.78 is 21.5. The molecule has 0 aliphatic carbocycles. The van der Waals surface area contributed by atoms with Crippen LogP contribution in [0.3, 0.4) is 0 Å². The zero-order valence-electron chi connectivity index (χ0n) is 14.0. The SMILES string of the molecule is COc1cc(O)c([C@@H]2COc3cc(O)ccc3C2=O)c(OC)c1OC. The second-order valence-corrected chi connectivity index (χ2v) is 5.49. The van der Waals surface area contributed by atoms with E-state index in [4.69, 9.17) is 18.9 Å². The molecule has 2 aromatic carbocycles. The molecule has 1 aliphatic heterocycles. The Morgan fingerprint density at radius 3 is 2.40 bits per heavy atom. The number of methoxy groups -OCH3 is 3. The van der Waals surface area contributed by atoms with Gasteiger partial charge in [-0.3, -0.25) is 4.79 Å². The Morgan fingerprint density at radius 2 is 1.76 bits per heavy atom. The normalized spacial score (nSPS) is 16.0. The maximum absolute atomic E-state index is 12.9. The molecule has 1 atom stereocenters. The third-order valence-corrected chi connectivity index (χ3v) is 4.15. The van der Waals surface area contributed by atoms with E-state index in [2.05, 4.69) is 0 Å². The monoisotopic (exact) mass is 346 g/mol. The molecule has 2 aromatic rings. The summed E-state index contributed by atoms with van der Waals surface area (Å²) >= 11 is 0. The van der Waals surface area contributed by atoms with Crippen molar-refractivity contribution in [2.75, 3.05) is 27.9 Å². The molecular formula is C18H18O7. The van der Waals surface area contributed by atoms with Crippen LogP contribution in [0.25, 0.3) is 0 Å². The molecule has 0 aromatic heterocycles. The Balaban J connectivity index is 2.14. The van der Waals surface area contributed by atoms with Gasteiger partial charge in [0.05, 0.1) is 38.4 Å². The second kappa shape index (κ2) is 6.43. The number of rotatable bonds is 4. The molecule has 1 heterocycles. The van der Waals surface area contributed by atoms with Gasteiger partial charge in [-0.15, -0.1) is 0 Å². The van der Waals surface area contributed by atoms with E-state index in [-0.39, 0.29) is 46.7 Å². The number of aromatic hydroxyl groups is 2. The van der Waals surface area contributed by atoms with Crippen molar-refractivity contribution >= 4 is 5.78 Å². The number of hydrogen-bond acceptors (Lipinski definition) is 7. The molecule has 0 radical (unpaired) electrons. The molecule has 0 amide bonds. The summed E-state index contributed by atoms with van der Waals surface area (Å²) in [6.45, 7) is -0.00527. The number of hydrogen-bond donors (Lipinski definition) is 2. The van der Waals surface area contributed by atoms with Gasteiger partial charge in [-0.25, -0.2) is 0 Å². The average molecular weight is 346 g/mol. The fraction of sp³-hybridized carbons (Fsp3) is 0.278. The first-order valence-corrected chi connectivity index (χ1v) is 7.53. The first-order valence-electron chi connectivity index (χ1n) is 7.53. The average Bonchev–Trinajstić information content (AvgIpc) is 2.61. The number of carbonyl (C=O) groups is 1. The van der Waals surface area contributed by atoms with Gasteiger partial charge in [-0.2, -0.15) is 0 Å². The molecule has 0 saturated carbocycles. The topological polar surface area (TPSA) is 94.5 Å². The van der Waals surface area contributed by atoms with Crippen LogP contribution in [0.2, 0.25) is 0 Å². The fourth-order valence-corrected chi connectivity index (χ4v) is 2.99. The number of phenols is 2. The lowest BCUT2D eigenvalue weighted by atomic mass is 9.87. The van der Waals surface area contributed by atoms with Gasteiger partial charge in [0, 0.05) is 12.1 Å². The molecule has 2 N–H and O–H groups in total. The van der Waals surface area contributed by atoms with E-state index in [1.54, 1.807) is 0 Å². The van der Waals surface area contributed by atoms with Gasteiger partial charge in [0.2, 0.25) is 5.75 Å². The summed E-state index contributed by atoms with van der Waals surface area (Å²) in [5.74, 6) is -0.0926. The van der Waals surface area contributed by atoms with Crippen LogP contribution in [0.5, 0.6) is 34.5 Å². The van der Waals surface area contributed by atoms with Crippen LogP contribution in [-0.2, 0) is 0 Å². The highest BCUT2D eigenvalue weighted by atomic mass is 16.5. The number of benzene rings is 2. The van der Waals surface area contributed by atoms with E-state index in [1.807, 2.05) is 0 Å². The van der Waals surface area contributed by atoms with Crippen molar-refractivity contribution in [2.24, 2.45) is 0 Å². The third kappa shape index (κ3) is 2.67. The molecule has 3 rings (SSSR count). The van der Waals surface area contributed by atoms with Gasteiger partial charge >= 0.3 is 0 Å². The number of fused-ring (bicyclic) bond motifs is 1. The summed E-state index contributed by atoms with van der Waals surface area (Å²) in [5.41, 5.74) is 0.592. The molecule has 0 unspecified atom stereocenters. The van der Waals surface area contributed by atoms with Gasteiger partial charge < -0.3 is 29.2 Å². The molecule has 0 saturated heterocycles. The molecule has 25 heavy (non-hydrogen) atoms. The van der Waals surface area contributed by atoms with E-state index in [9.17, 15) is 15.0 Å². The Hall–Kier alpha value is -3.09. The lowest BCUT2D eigenvalue weighted by molar-refractivity contribution is 0.0891. The summed E-state index contributed by atoms with van der Waals surface area (Å²) in [5, 5.41) is 20.0. The summed E-state index contributed by atoms with van der Waals surface area (Å²) in [7, 11) is 4.30. The van der Waals surface area contributed by atoms with Gasteiger partial charge in [0.15, 0.2) is 17.3 Å². The van der Waals surface area contributed by atoms with Crippen molar-refractivity contribution in [3.63, 3.8) is 0 Å². The molecule has 0 fully saturated rings. The molecule has 7 heteroatoms. The first-order chi connectivity index (χ1) is 12.0. The maximum atomic E-state index is 12.9. The number of phenolic OH excluding ortho intramolecular Hbond substituents is 2. The molecule has 1 aliphatic rings. The summed E-state index contributed by atoms with van der Waals surface area (Å²) in [4.78, 5) is 12.9. The van der Waals surface area contributed by atoms with Gasteiger partial charge in [-0.1, -0.05) is 0 Å². The van der Waals surface area contributed by atoms with E-state index in [0.29, 0.717) is 11.3 Å². The molecule has 7 nitrogen and oxygen atoms in total. The molecule has 132 valence electrons. The van der Waals surface area contributed by atoms with Gasteiger partial charge in [0.1, 0.15) is 23.9 Å². The van der Waals surface area contributed by atoms with Crippen LogP contribution in [0.1, 0.15) is 21.8 Å². The van der Waals surface area contributed by atoms with E-state index < -0.39 is 5.92 Å². The smallest absolute Gasteiger partial charge is 0.203 e. The summed E-state index contributed by atoms with van der Waals surface area (Å²) in [6.07, 6.45) is 0. The maximum Gasteiger partial charge on any atom is 0.203 e. The van der Waals surface area contributed by atoms with Crippen molar-refractivity contribution in [3.8, 4) is 34.5 Å². The second-order valence-electron chi connectivity index (χ2n) is 5.49. The summed E-state index contributed by atoms with van der Waals surface area (Å²) in [6, 6.07) is 5.66. The Morgan fingerprint density at radius 1 is 1.04 bits per heavy atom. The van der Waals surface area contributed by atoms with Crippen LogP contribution in [0.4, 0.5) is 0 Å². The van der Waals surface area contributed by atoms with E-state index in [1.165, 1.54) is 45.6 Å². The number of carbonyl (C=O) groups excluding carboxylic acids is 1. The fourth-order valence-electron chi connectivity index (χ4n) is 2.99. The Kier molecular flexibility index (Phi) is 4.31. The zero-order valence-corrected chi connectivity index (χ0v) is 14.0. The highest BCUT2D eigenvalue weighted by Gasteiger charge is 2.36. The van der Waals surface area contributed by atoms with Crippen molar-refractivity contribution in [2.45, 2.75) is 5.92 Å². The van der Waals surface area contributed by atoms with Crippen LogP contribution in [-0.4, -0.2) is 43.9 Å². The molecular weight excluding hydrogens is 328 g/mol. The zero-order chi connectivity index (χ0) is 18.1. The van der Waals surface area contributed by atoms with Crippen molar-refractivity contribution < 1.29 is 34.0 Å². The number of ketones is 1. The van der Waals surface area contributed by atoms with Crippen LogP contribution in [0, 0.1) is 0 Å². The standard InChI is InChI=1S/C18H18O7/c1-22-14-7-12(20)15(18(24-3)17(14)23-2)11-8-25-13-6-9(19)4-5-10(13)16(11)21/h4-7,11,19-20H,8H2,1-3H3/t11-/m0/s1. The first kappa shape index (κ1) is 16.8. The van der Waals surface area contributed by atoms with Gasteiger partial charge in [0.25, 0.3) is 0 Å². The Labute approximate surface area is 144 Å². The number of ether oxygens (including phenoxy) is 4. The molecule has 0 spiro atoms. The van der Waals surface area contributed by atoms with Crippen molar-refractivity contribution in [1.29, 1.82) is 0 Å². The predicted molar refractivity (Wildman–Crippen MR) is 88.4 cm³/mol. The van der Waals surface area contributed by atoms with Crippen molar-refractivity contribution in [1.82, 2.24) is 0 Å². The van der Waals surface area contributed by atoms with E-state index in [0.717, 1.165) is 0 Å². The minimum Gasteiger partial charge on any atom is -0.508 e. The largest absolute Gasteiger partial charge is 0.508 e. The Bertz CT molecular complexity index is 829. The lowest BCUT2D eigenvalue weighted by Crippen LogP contribution is -2.26. The third-order valence-electron chi connectivity index (χ3n) is 4.15. The number of Topliss-reactive ketones (excluding diaryl/α,β-unsaturated/α-hetero) is 1. The minimum atomic E-state index is -0.785. The quantitative estimate of drug-likeness (QED) is 0.878.